The smallest absolute Gasteiger partial charge is 0.355 e. The summed E-state index contributed by atoms with van der Waals surface area (Å²) in [6, 6.07) is 8.69. The molecule has 0 bridgehead atoms. The summed E-state index contributed by atoms with van der Waals surface area (Å²) in [4.78, 5) is 30.2. The van der Waals surface area contributed by atoms with Crippen molar-refractivity contribution in [3.05, 3.63) is 65.5 Å². The van der Waals surface area contributed by atoms with Gasteiger partial charge in [-0.15, -0.1) is 0 Å². The molecule has 1 aromatic carbocycles. The Morgan fingerprint density at radius 1 is 1.21 bits per heavy atom. The molecule has 1 saturated heterocycles. The van der Waals surface area contributed by atoms with Gasteiger partial charge in [0.15, 0.2) is 0 Å². The van der Waals surface area contributed by atoms with E-state index in [0.717, 1.165) is 17.7 Å². The molecule has 0 saturated carbocycles. The second-order valence-corrected chi connectivity index (χ2v) is 7.11. The topological polar surface area (TPSA) is 62.3 Å². The molecule has 0 unspecified atom stereocenters. The van der Waals surface area contributed by atoms with Gasteiger partial charge in [-0.2, -0.15) is 13.2 Å². The van der Waals surface area contributed by atoms with Crippen molar-refractivity contribution >= 4 is 11.8 Å². The zero-order chi connectivity index (χ0) is 20.9. The largest absolute Gasteiger partial charge is 0.416 e. The number of hydrogen-bond acceptors (Lipinski definition) is 3. The second kappa shape index (κ2) is 9.07. The average Bonchev–Trinajstić information content (AvgIpc) is 2.70. The van der Waals surface area contributed by atoms with Crippen LogP contribution in [-0.2, 0) is 28.7 Å². The van der Waals surface area contributed by atoms with E-state index in [2.05, 4.69) is 10.3 Å². The lowest BCUT2D eigenvalue weighted by Crippen LogP contribution is -2.45. The van der Waals surface area contributed by atoms with Crippen molar-refractivity contribution in [2.75, 3.05) is 13.1 Å². The highest BCUT2D eigenvalue weighted by molar-refractivity contribution is 5.83. The fourth-order valence-electron chi connectivity index (χ4n) is 3.37. The van der Waals surface area contributed by atoms with E-state index in [0.29, 0.717) is 24.9 Å². The van der Waals surface area contributed by atoms with Crippen LogP contribution in [0.1, 0.15) is 29.5 Å². The first kappa shape index (κ1) is 20.8. The van der Waals surface area contributed by atoms with Crippen LogP contribution < -0.4 is 5.32 Å². The van der Waals surface area contributed by atoms with E-state index >= 15 is 0 Å². The number of pyridine rings is 1. The molecule has 29 heavy (non-hydrogen) atoms. The Balaban J connectivity index is 1.56. The number of benzene rings is 1. The van der Waals surface area contributed by atoms with Gasteiger partial charge in [0.1, 0.15) is 0 Å². The van der Waals surface area contributed by atoms with Gasteiger partial charge in [0.05, 0.1) is 11.5 Å². The number of carbonyl (C=O) groups excluding carboxylic acids is 2. The number of nitrogens with zero attached hydrogens (tertiary/aromatic N) is 2. The summed E-state index contributed by atoms with van der Waals surface area (Å²) in [5.74, 6) is -0.662. The molecule has 0 aliphatic carbocycles. The number of rotatable bonds is 6. The van der Waals surface area contributed by atoms with Crippen LogP contribution in [0.15, 0.2) is 48.8 Å². The van der Waals surface area contributed by atoms with Crippen LogP contribution in [-0.4, -0.2) is 34.8 Å². The van der Waals surface area contributed by atoms with Gasteiger partial charge in [-0.1, -0.05) is 18.2 Å². The first-order valence-electron chi connectivity index (χ1n) is 9.43. The van der Waals surface area contributed by atoms with Gasteiger partial charge in [-0.05, 0) is 42.2 Å². The van der Waals surface area contributed by atoms with Crippen LogP contribution in [0.5, 0.6) is 0 Å². The molecule has 1 fully saturated rings. The molecule has 2 aromatic rings. The Bertz CT molecular complexity index is 856. The number of alkyl halides is 3. The predicted molar refractivity (Wildman–Crippen MR) is 101 cm³/mol. The molecule has 1 aromatic heterocycles. The van der Waals surface area contributed by atoms with Gasteiger partial charge in [0.25, 0.3) is 0 Å². The van der Waals surface area contributed by atoms with Crippen molar-refractivity contribution < 1.29 is 22.8 Å². The Morgan fingerprint density at radius 3 is 2.72 bits per heavy atom. The number of nitrogens with one attached hydrogen (secondary N) is 1. The molecule has 1 N–H and O–H groups in total. The predicted octanol–water partition coefficient (Wildman–Crippen LogP) is 3.20. The molecule has 1 aliphatic heterocycles. The third kappa shape index (κ3) is 5.79. The standard InChI is InChI=1S/C21H22F3N3O2/c22-21(23,24)18-5-1-3-16(11-18)13-27-14-17(6-7-19(27)28)20(29)26-10-8-15-4-2-9-25-12-15/h1-5,9,11-12,17H,6-8,10,13-14H2,(H,26,29)/t17-/m0/s1. The maximum Gasteiger partial charge on any atom is 0.416 e. The summed E-state index contributed by atoms with van der Waals surface area (Å²) < 4.78 is 38.7. The molecule has 1 atom stereocenters. The molecular formula is C21H22F3N3O2. The van der Waals surface area contributed by atoms with Crippen molar-refractivity contribution in [3.63, 3.8) is 0 Å². The molecule has 154 valence electrons. The number of halogens is 3. The summed E-state index contributed by atoms with van der Waals surface area (Å²) in [6.45, 7) is 0.721. The van der Waals surface area contributed by atoms with Gasteiger partial charge in [-0.3, -0.25) is 14.6 Å². The molecule has 0 spiro atoms. The Morgan fingerprint density at radius 2 is 2.00 bits per heavy atom. The normalized spacial score (nSPS) is 17.3. The van der Waals surface area contributed by atoms with Gasteiger partial charge < -0.3 is 10.2 Å². The quantitative estimate of drug-likeness (QED) is 0.803. The lowest BCUT2D eigenvalue weighted by atomic mass is 9.96. The fourth-order valence-corrected chi connectivity index (χ4v) is 3.37. The van der Waals surface area contributed by atoms with Crippen LogP contribution in [0.4, 0.5) is 13.2 Å². The molecule has 8 heteroatoms. The number of likely N-dealkylation sites (tertiary alicyclic amines) is 1. The highest BCUT2D eigenvalue weighted by Crippen LogP contribution is 2.30. The van der Waals surface area contributed by atoms with Crippen molar-refractivity contribution in [1.82, 2.24) is 15.2 Å². The van der Waals surface area contributed by atoms with Gasteiger partial charge >= 0.3 is 6.18 Å². The molecule has 1 aliphatic rings. The van der Waals surface area contributed by atoms with Crippen molar-refractivity contribution in [2.45, 2.75) is 32.0 Å². The minimum absolute atomic E-state index is 0.0578. The number of carbonyl (C=O) groups is 2. The van der Waals surface area contributed by atoms with E-state index in [1.165, 1.54) is 11.0 Å². The first-order valence-corrected chi connectivity index (χ1v) is 9.43. The van der Waals surface area contributed by atoms with Crippen molar-refractivity contribution in [3.8, 4) is 0 Å². The molecule has 0 radical (unpaired) electrons. The Labute approximate surface area is 166 Å². The van der Waals surface area contributed by atoms with E-state index in [-0.39, 0.29) is 37.2 Å². The average molecular weight is 405 g/mol. The third-order valence-corrected chi connectivity index (χ3v) is 4.93. The highest BCUT2D eigenvalue weighted by atomic mass is 19.4. The summed E-state index contributed by atoms with van der Waals surface area (Å²) in [7, 11) is 0. The Kier molecular flexibility index (Phi) is 6.51. The molecule has 3 rings (SSSR count). The van der Waals surface area contributed by atoms with Crippen molar-refractivity contribution in [1.29, 1.82) is 0 Å². The zero-order valence-electron chi connectivity index (χ0n) is 15.8. The molecule has 2 amide bonds. The summed E-state index contributed by atoms with van der Waals surface area (Å²) in [5, 5.41) is 2.88. The van der Waals surface area contributed by atoms with Gasteiger partial charge in [-0.25, -0.2) is 0 Å². The SMILES string of the molecule is O=C(NCCc1cccnc1)[C@H]1CCC(=O)N(Cc2cccc(C(F)(F)F)c2)C1. The van der Waals surface area contributed by atoms with Crippen LogP contribution in [0, 0.1) is 5.92 Å². The maximum absolute atomic E-state index is 12.9. The van der Waals surface area contributed by atoms with Crippen LogP contribution in [0.3, 0.4) is 0 Å². The first-order chi connectivity index (χ1) is 13.8. The van der Waals surface area contributed by atoms with E-state index in [9.17, 15) is 22.8 Å². The number of piperidine rings is 1. The van der Waals surface area contributed by atoms with E-state index in [4.69, 9.17) is 0 Å². The molecular weight excluding hydrogens is 383 g/mol. The Hall–Kier alpha value is -2.90. The minimum atomic E-state index is -4.43. The monoisotopic (exact) mass is 405 g/mol. The zero-order valence-corrected chi connectivity index (χ0v) is 15.8. The summed E-state index contributed by atoms with van der Waals surface area (Å²) in [6.07, 6.45) is 0.288. The minimum Gasteiger partial charge on any atom is -0.355 e. The number of amides is 2. The van der Waals surface area contributed by atoms with E-state index in [1.54, 1.807) is 18.5 Å². The number of aromatic nitrogens is 1. The lowest BCUT2D eigenvalue weighted by molar-refractivity contribution is -0.139. The van der Waals surface area contributed by atoms with Crippen LogP contribution in [0.25, 0.3) is 0 Å². The van der Waals surface area contributed by atoms with Gasteiger partial charge in [0, 0.05) is 38.4 Å². The van der Waals surface area contributed by atoms with Gasteiger partial charge in [0.2, 0.25) is 11.8 Å². The highest BCUT2D eigenvalue weighted by Gasteiger charge is 2.32. The lowest BCUT2D eigenvalue weighted by Gasteiger charge is -2.32. The number of hydrogen-bond donors (Lipinski definition) is 1. The fraction of sp³-hybridized carbons (Fsp3) is 0.381. The third-order valence-electron chi connectivity index (χ3n) is 4.93. The van der Waals surface area contributed by atoms with E-state index < -0.39 is 11.7 Å². The maximum atomic E-state index is 12.9. The molecule has 2 heterocycles. The second-order valence-electron chi connectivity index (χ2n) is 7.11. The van der Waals surface area contributed by atoms with Crippen molar-refractivity contribution in [2.24, 2.45) is 5.92 Å². The molecule has 5 nitrogen and oxygen atoms in total. The van der Waals surface area contributed by atoms with E-state index in [1.807, 2.05) is 12.1 Å². The summed E-state index contributed by atoms with van der Waals surface area (Å²) in [5.41, 5.74) is 0.660. The van der Waals surface area contributed by atoms with Crippen LogP contribution >= 0.6 is 0 Å². The van der Waals surface area contributed by atoms with Crippen LogP contribution in [0.2, 0.25) is 0 Å². The summed E-state index contributed by atoms with van der Waals surface area (Å²) >= 11 is 0.